The van der Waals surface area contributed by atoms with Crippen LogP contribution in [0.3, 0.4) is 0 Å². The molecule has 1 atom stereocenters. The van der Waals surface area contributed by atoms with Crippen molar-refractivity contribution >= 4 is 27.5 Å². The molecule has 0 radical (unpaired) electrons. The highest BCUT2D eigenvalue weighted by Crippen LogP contribution is 2.28. The minimum atomic E-state index is -0.225. The Morgan fingerprint density at radius 2 is 2.15 bits per heavy atom. The molecule has 1 unspecified atom stereocenters. The van der Waals surface area contributed by atoms with Crippen LogP contribution >= 0.6 is 11.3 Å². The standard InChI is InChI=1S/C20H21N3O3S/c1-12-16-19(22-15-9-6-10-23(15)20(16)25)27-17(12)18(24)21-11-14(26-2)13-7-4-3-5-8-13/h3-5,7-8,14H,6,9-11H2,1-2H3,(H,21,24). The number of amides is 1. The molecule has 1 aliphatic rings. The maximum absolute atomic E-state index is 12.8. The fourth-order valence-corrected chi connectivity index (χ4v) is 4.67. The van der Waals surface area contributed by atoms with Gasteiger partial charge in [0.2, 0.25) is 0 Å². The summed E-state index contributed by atoms with van der Waals surface area (Å²) in [5.41, 5.74) is 1.69. The molecule has 0 fully saturated rings. The van der Waals surface area contributed by atoms with Crippen molar-refractivity contribution in [2.75, 3.05) is 13.7 Å². The molecular formula is C20H21N3O3S. The summed E-state index contributed by atoms with van der Waals surface area (Å²) < 4.78 is 7.24. The molecule has 7 heteroatoms. The van der Waals surface area contributed by atoms with Crippen LogP contribution in [0, 0.1) is 6.92 Å². The van der Waals surface area contributed by atoms with Gasteiger partial charge in [0, 0.05) is 26.6 Å². The highest BCUT2D eigenvalue weighted by Gasteiger charge is 2.23. The van der Waals surface area contributed by atoms with Crippen LogP contribution in [0.25, 0.3) is 10.2 Å². The number of benzene rings is 1. The first-order valence-corrected chi connectivity index (χ1v) is 9.80. The molecule has 4 rings (SSSR count). The number of carbonyl (C=O) groups is 1. The first kappa shape index (κ1) is 17.9. The third kappa shape index (κ3) is 3.17. The van der Waals surface area contributed by atoms with E-state index in [0.717, 1.165) is 24.2 Å². The lowest BCUT2D eigenvalue weighted by molar-refractivity contribution is 0.0830. The van der Waals surface area contributed by atoms with Gasteiger partial charge >= 0.3 is 0 Å². The number of aryl methyl sites for hydroxylation is 2. The summed E-state index contributed by atoms with van der Waals surface area (Å²) in [7, 11) is 1.63. The van der Waals surface area contributed by atoms with Crippen molar-refractivity contribution in [3.63, 3.8) is 0 Å². The topological polar surface area (TPSA) is 73.2 Å². The Labute approximate surface area is 160 Å². The molecule has 1 aromatic carbocycles. The second kappa shape index (κ2) is 7.25. The zero-order chi connectivity index (χ0) is 19.0. The van der Waals surface area contributed by atoms with Crippen LogP contribution < -0.4 is 10.9 Å². The Morgan fingerprint density at radius 1 is 1.37 bits per heavy atom. The largest absolute Gasteiger partial charge is 0.375 e. The molecule has 0 bridgehead atoms. The van der Waals surface area contributed by atoms with E-state index in [1.54, 1.807) is 11.7 Å². The molecule has 27 heavy (non-hydrogen) atoms. The van der Waals surface area contributed by atoms with E-state index in [0.29, 0.717) is 33.7 Å². The van der Waals surface area contributed by atoms with Crippen molar-refractivity contribution in [1.82, 2.24) is 14.9 Å². The number of rotatable bonds is 5. The van der Waals surface area contributed by atoms with E-state index in [1.165, 1.54) is 11.3 Å². The van der Waals surface area contributed by atoms with Gasteiger partial charge in [0.25, 0.3) is 11.5 Å². The number of ether oxygens (including phenoxy) is 1. The molecule has 1 amide bonds. The van der Waals surface area contributed by atoms with Crippen molar-refractivity contribution < 1.29 is 9.53 Å². The fraction of sp³-hybridized carbons (Fsp3) is 0.350. The molecule has 0 saturated heterocycles. The number of methoxy groups -OCH3 is 1. The van der Waals surface area contributed by atoms with Crippen LogP contribution in [0.4, 0.5) is 0 Å². The average Bonchev–Trinajstić information content (AvgIpc) is 3.28. The van der Waals surface area contributed by atoms with Crippen molar-refractivity contribution in [3.8, 4) is 0 Å². The molecule has 1 N–H and O–H groups in total. The number of nitrogens with zero attached hydrogens (tertiary/aromatic N) is 2. The number of fused-ring (bicyclic) bond motifs is 2. The predicted octanol–water partition coefficient (Wildman–Crippen LogP) is 2.83. The molecule has 0 aliphatic carbocycles. The van der Waals surface area contributed by atoms with Gasteiger partial charge < -0.3 is 10.1 Å². The first-order chi connectivity index (χ1) is 13.1. The van der Waals surface area contributed by atoms with Crippen LogP contribution in [0.1, 0.15) is 39.1 Å². The SMILES string of the molecule is COC(CNC(=O)c1sc2nc3n(c(=O)c2c1C)CCC3)c1ccccc1. The molecule has 0 saturated carbocycles. The second-order valence-electron chi connectivity index (χ2n) is 6.67. The van der Waals surface area contributed by atoms with Gasteiger partial charge in [-0.3, -0.25) is 14.2 Å². The van der Waals surface area contributed by atoms with Gasteiger partial charge in [-0.25, -0.2) is 4.98 Å². The summed E-state index contributed by atoms with van der Waals surface area (Å²) >= 11 is 1.29. The van der Waals surface area contributed by atoms with Gasteiger partial charge in [-0.2, -0.15) is 0 Å². The molecule has 3 heterocycles. The number of nitrogens with one attached hydrogen (secondary N) is 1. The Morgan fingerprint density at radius 3 is 2.89 bits per heavy atom. The summed E-state index contributed by atoms with van der Waals surface area (Å²) in [6.45, 7) is 2.89. The Kier molecular flexibility index (Phi) is 4.80. The van der Waals surface area contributed by atoms with Crippen molar-refractivity contribution in [3.05, 3.63) is 62.5 Å². The number of hydrogen-bond acceptors (Lipinski definition) is 5. The van der Waals surface area contributed by atoms with Crippen LogP contribution in [0.15, 0.2) is 35.1 Å². The monoisotopic (exact) mass is 383 g/mol. The summed E-state index contributed by atoms with van der Waals surface area (Å²) in [5.74, 6) is 0.627. The normalized spacial score (nSPS) is 14.3. The van der Waals surface area contributed by atoms with Gasteiger partial charge in [-0.1, -0.05) is 30.3 Å². The summed E-state index contributed by atoms with van der Waals surface area (Å²) in [6, 6.07) is 9.77. The van der Waals surface area contributed by atoms with Gasteiger partial charge in [-0.05, 0) is 24.5 Å². The maximum Gasteiger partial charge on any atom is 0.262 e. The van der Waals surface area contributed by atoms with Crippen LogP contribution in [0.2, 0.25) is 0 Å². The predicted molar refractivity (Wildman–Crippen MR) is 105 cm³/mol. The number of aromatic nitrogens is 2. The molecule has 1 aliphatic heterocycles. The number of carbonyl (C=O) groups excluding carboxylic acids is 1. The Bertz CT molecular complexity index is 1060. The van der Waals surface area contributed by atoms with E-state index in [1.807, 2.05) is 37.3 Å². The fourth-order valence-electron chi connectivity index (χ4n) is 3.56. The lowest BCUT2D eigenvalue weighted by Crippen LogP contribution is -2.29. The van der Waals surface area contributed by atoms with Crippen molar-refractivity contribution in [2.45, 2.75) is 32.4 Å². The van der Waals surface area contributed by atoms with E-state index < -0.39 is 0 Å². The smallest absolute Gasteiger partial charge is 0.262 e. The minimum Gasteiger partial charge on any atom is -0.375 e. The third-order valence-electron chi connectivity index (χ3n) is 5.02. The Hall–Kier alpha value is -2.51. The quantitative estimate of drug-likeness (QED) is 0.735. The first-order valence-electron chi connectivity index (χ1n) is 8.99. The summed E-state index contributed by atoms with van der Waals surface area (Å²) in [5, 5.41) is 3.51. The van der Waals surface area contributed by atoms with Gasteiger partial charge in [0.15, 0.2) is 0 Å². The summed E-state index contributed by atoms with van der Waals surface area (Å²) in [6.07, 6.45) is 1.54. The maximum atomic E-state index is 12.8. The molecule has 6 nitrogen and oxygen atoms in total. The minimum absolute atomic E-state index is 0.0284. The van der Waals surface area contributed by atoms with Crippen LogP contribution in [0.5, 0.6) is 0 Å². The number of thiophene rings is 1. The van der Waals surface area contributed by atoms with Crippen molar-refractivity contribution in [2.24, 2.45) is 0 Å². The van der Waals surface area contributed by atoms with Gasteiger partial charge in [-0.15, -0.1) is 11.3 Å². The highest BCUT2D eigenvalue weighted by molar-refractivity contribution is 7.20. The van der Waals surface area contributed by atoms with E-state index in [4.69, 9.17) is 4.74 Å². The van der Waals surface area contributed by atoms with Gasteiger partial charge in [0.05, 0.1) is 16.4 Å². The van der Waals surface area contributed by atoms with E-state index >= 15 is 0 Å². The average molecular weight is 383 g/mol. The lowest BCUT2D eigenvalue weighted by Gasteiger charge is -2.16. The van der Waals surface area contributed by atoms with Crippen LogP contribution in [-0.4, -0.2) is 29.1 Å². The zero-order valence-corrected chi connectivity index (χ0v) is 16.1. The second-order valence-corrected chi connectivity index (χ2v) is 7.67. The van der Waals surface area contributed by atoms with Crippen molar-refractivity contribution in [1.29, 1.82) is 0 Å². The van der Waals surface area contributed by atoms with Crippen LogP contribution in [-0.2, 0) is 17.7 Å². The van der Waals surface area contributed by atoms with E-state index in [2.05, 4.69) is 10.3 Å². The van der Waals surface area contributed by atoms with Gasteiger partial charge in [0.1, 0.15) is 10.7 Å². The lowest BCUT2D eigenvalue weighted by atomic mass is 10.1. The molecule has 3 aromatic rings. The number of hydrogen-bond donors (Lipinski definition) is 1. The molecule has 0 spiro atoms. The highest BCUT2D eigenvalue weighted by atomic mass is 32.1. The molecular weight excluding hydrogens is 362 g/mol. The summed E-state index contributed by atoms with van der Waals surface area (Å²) in [4.78, 5) is 31.3. The zero-order valence-electron chi connectivity index (χ0n) is 15.3. The van der Waals surface area contributed by atoms with E-state index in [-0.39, 0.29) is 17.6 Å². The molecule has 140 valence electrons. The Balaban J connectivity index is 1.59. The molecule has 2 aromatic heterocycles. The van der Waals surface area contributed by atoms with E-state index in [9.17, 15) is 9.59 Å². The third-order valence-corrected chi connectivity index (χ3v) is 6.21.